The van der Waals surface area contributed by atoms with Crippen molar-refractivity contribution in [2.45, 2.75) is 59.0 Å². The summed E-state index contributed by atoms with van der Waals surface area (Å²) in [6.07, 6.45) is 3.46. The van der Waals surface area contributed by atoms with Gasteiger partial charge in [-0.15, -0.1) is 11.3 Å². The van der Waals surface area contributed by atoms with E-state index in [4.69, 9.17) is 10.7 Å². The Kier molecular flexibility index (Phi) is 4.28. The highest BCUT2D eigenvalue weighted by Crippen LogP contribution is 2.36. The predicted octanol–water partition coefficient (Wildman–Crippen LogP) is 3.35. The average Bonchev–Trinajstić information content (AvgIpc) is 2.70. The zero-order valence-electron chi connectivity index (χ0n) is 11.9. The van der Waals surface area contributed by atoms with Gasteiger partial charge in [-0.05, 0) is 39.0 Å². The second-order valence-corrected chi connectivity index (χ2v) is 7.01. The lowest BCUT2D eigenvalue weighted by Gasteiger charge is -2.27. The largest absolute Gasteiger partial charge is 0.345 e. The highest BCUT2D eigenvalue weighted by molar-refractivity contribution is 7.15. The molecule has 18 heavy (non-hydrogen) atoms. The first-order chi connectivity index (χ1) is 8.49. The molecule has 0 amide bonds. The summed E-state index contributed by atoms with van der Waals surface area (Å²) in [5, 5.41) is 1.17. The second kappa shape index (κ2) is 5.57. The number of aryl methyl sites for hydroxylation is 1. The van der Waals surface area contributed by atoms with Gasteiger partial charge in [0.25, 0.3) is 0 Å². The van der Waals surface area contributed by atoms with Crippen LogP contribution in [0.2, 0.25) is 0 Å². The maximum Gasteiger partial charge on any atom is 0.186 e. The molecule has 0 fully saturated rings. The van der Waals surface area contributed by atoms with Crippen LogP contribution in [-0.4, -0.2) is 17.6 Å². The number of thiazole rings is 1. The number of nitrogens with zero attached hydrogens (tertiary/aromatic N) is 2. The van der Waals surface area contributed by atoms with Crippen LogP contribution in [-0.2, 0) is 6.42 Å². The van der Waals surface area contributed by atoms with Gasteiger partial charge in [0.1, 0.15) is 0 Å². The van der Waals surface area contributed by atoms with Gasteiger partial charge in [-0.1, -0.05) is 13.8 Å². The van der Waals surface area contributed by atoms with E-state index in [1.807, 2.05) is 11.3 Å². The molecule has 1 unspecified atom stereocenters. The van der Waals surface area contributed by atoms with Gasteiger partial charge in [0.15, 0.2) is 5.13 Å². The summed E-state index contributed by atoms with van der Waals surface area (Å²) in [6, 6.07) is 0.656. The van der Waals surface area contributed by atoms with Crippen molar-refractivity contribution in [3.05, 3.63) is 10.6 Å². The standard InChI is InChI=1S/C14H25N3S/c1-9(2)8-17(10(3)4)14-16-13-11(15)6-5-7-12(13)18-14/h9-11H,5-8,15H2,1-4H3. The summed E-state index contributed by atoms with van der Waals surface area (Å²) in [7, 11) is 0. The maximum absolute atomic E-state index is 6.16. The van der Waals surface area contributed by atoms with Crippen molar-refractivity contribution in [3.8, 4) is 0 Å². The molecule has 1 aromatic heterocycles. The Morgan fingerprint density at radius 2 is 2.11 bits per heavy atom. The molecular formula is C14H25N3S. The maximum atomic E-state index is 6.16. The van der Waals surface area contributed by atoms with Crippen molar-refractivity contribution in [1.29, 1.82) is 0 Å². The van der Waals surface area contributed by atoms with Crippen molar-refractivity contribution in [3.63, 3.8) is 0 Å². The van der Waals surface area contributed by atoms with Crippen molar-refractivity contribution in [2.75, 3.05) is 11.4 Å². The van der Waals surface area contributed by atoms with Crippen LogP contribution in [0.15, 0.2) is 0 Å². The molecule has 0 bridgehead atoms. The normalized spacial score (nSPS) is 19.4. The van der Waals surface area contributed by atoms with Gasteiger partial charge in [0.05, 0.1) is 5.69 Å². The minimum atomic E-state index is 0.159. The van der Waals surface area contributed by atoms with E-state index in [0.29, 0.717) is 12.0 Å². The summed E-state index contributed by atoms with van der Waals surface area (Å²) < 4.78 is 0. The molecule has 0 aromatic carbocycles. The molecule has 0 saturated heterocycles. The summed E-state index contributed by atoms with van der Waals surface area (Å²) in [6.45, 7) is 10.1. The summed E-state index contributed by atoms with van der Waals surface area (Å²) in [5.74, 6) is 0.655. The van der Waals surface area contributed by atoms with Crippen LogP contribution in [0.3, 0.4) is 0 Å². The lowest BCUT2D eigenvalue weighted by Crippen LogP contribution is -2.34. The number of anilines is 1. The van der Waals surface area contributed by atoms with Crippen molar-refractivity contribution < 1.29 is 0 Å². The minimum absolute atomic E-state index is 0.159. The number of aromatic nitrogens is 1. The highest BCUT2D eigenvalue weighted by atomic mass is 32.1. The molecule has 0 saturated carbocycles. The van der Waals surface area contributed by atoms with Crippen LogP contribution < -0.4 is 10.6 Å². The van der Waals surface area contributed by atoms with Crippen LogP contribution >= 0.6 is 11.3 Å². The fourth-order valence-electron chi connectivity index (χ4n) is 2.46. The van der Waals surface area contributed by atoms with Crippen LogP contribution in [0, 0.1) is 5.92 Å². The van der Waals surface area contributed by atoms with E-state index in [1.54, 1.807) is 0 Å². The van der Waals surface area contributed by atoms with Crippen LogP contribution in [0.5, 0.6) is 0 Å². The van der Waals surface area contributed by atoms with Gasteiger partial charge in [0.2, 0.25) is 0 Å². The monoisotopic (exact) mass is 267 g/mol. The number of hydrogen-bond donors (Lipinski definition) is 1. The van der Waals surface area contributed by atoms with Crippen LogP contribution in [0.1, 0.15) is 57.1 Å². The Morgan fingerprint density at radius 1 is 1.39 bits per heavy atom. The Hall–Kier alpha value is -0.610. The smallest absolute Gasteiger partial charge is 0.186 e. The molecule has 1 heterocycles. The molecule has 0 spiro atoms. The molecule has 3 nitrogen and oxygen atoms in total. The van der Waals surface area contributed by atoms with Crippen molar-refractivity contribution >= 4 is 16.5 Å². The second-order valence-electron chi connectivity index (χ2n) is 5.94. The van der Waals surface area contributed by atoms with E-state index in [0.717, 1.165) is 25.1 Å². The van der Waals surface area contributed by atoms with Gasteiger partial charge in [-0.25, -0.2) is 4.98 Å². The number of nitrogens with two attached hydrogens (primary N) is 1. The van der Waals surface area contributed by atoms with E-state index in [2.05, 4.69) is 32.6 Å². The van der Waals surface area contributed by atoms with Gasteiger partial charge >= 0.3 is 0 Å². The molecule has 1 aromatic rings. The fraction of sp³-hybridized carbons (Fsp3) is 0.786. The molecule has 102 valence electrons. The quantitative estimate of drug-likeness (QED) is 0.909. The summed E-state index contributed by atoms with van der Waals surface area (Å²) in [4.78, 5) is 8.66. The number of hydrogen-bond acceptors (Lipinski definition) is 4. The third-order valence-electron chi connectivity index (χ3n) is 3.42. The Morgan fingerprint density at radius 3 is 2.67 bits per heavy atom. The average molecular weight is 267 g/mol. The first-order valence-corrected chi connectivity index (χ1v) is 7.82. The van der Waals surface area contributed by atoms with Gasteiger partial charge < -0.3 is 10.6 Å². The third-order valence-corrected chi connectivity index (χ3v) is 4.59. The molecular weight excluding hydrogens is 242 g/mol. The van der Waals surface area contributed by atoms with E-state index >= 15 is 0 Å². The Labute approximate surface area is 114 Å². The molecule has 0 aliphatic heterocycles. The Balaban J connectivity index is 2.26. The number of rotatable bonds is 4. The molecule has 1 aliphatic carbocycles. The lowest BCUT2D eigenvalue weighted by molar-refractivity contribution is 0.554. The molecule has 0 radical (unpaired) electrons. The molecule has 2 rings (SSSR count). The lowest BCUT2D eigenvalue weighted by atomic mass is 9.99. The van der Waals surface area contributed by atoms with E-state index in [-0.39, 0.29) is 6.04 Å². The highest BCUT2D eigenvalue weighted by Gasteiger charge is 2.24. The molecule has 1 aliphatic rings. The molecule has 4 heteroatoms. The van der Waals surface area contributed by atoms with Gasteiger partial charge in [-0.2, -0.15) is 0 Å². The zero-order chi connectivity index (χ0) is 13.3. The van der Waals surface area contributed by atoms with Gasteiger partial charge in [-0.3, -0.25) is 0 Å². The molecule has 1 atom stereocenters. The SMILES string of the molecule is CC(C)CN(c1nc2c(s1)CCCC2N)C(C)C. The fourth-order valence-corrected chi connectivity index (χ4v) is 3.78. The van der Waals surface area contributed by atoms with E-state index in [9.17, 15) is 0 Å². The van der Waals surface area contributed by atoms with Crippen LogP contribution in [0.4, 0.5) is 5.13 Å². The van der Waals surface area contributed by atoms with Crippen LogP contribution in [0.25, 0.3) is 0 Å². The third kappa shape index (κ3) is 2.86. The van der Waals surface area contributed by atoms with Crippen molar-refractivity contribution in [1.82, 2.24) is 4.98 Å². The topological polar surface area (TPSA) is 42.2 Å². The number of fused-ring (bicyclic) bond motifs is 1. The molecule has 2 N–H and O–H groups in total. The van der Waals surface area contributed by atoms with E-state index in [1.165, 1.54) is 16.4 Å². The van der Waals surface area contributed by atoms with Gasteiger partial charge in [0, 0.05) is 23.5 Å². The predicted molar refractivity (Wildman–Crippen MR) is 79.3 cm³/mol. The zero-order valence-corrected chi connectivity index (χ0v) is 12.8. The summed E-state index contributed by atoms with van der Waals surface area (Å²) in [5.41, 5.74) is 7.33. The first-order valence-electron chi connectivity index (χ1n) is 7.00. The minimum Gasteiger partial charge on any atom is -0.345 e. The first kappa shape index (κ1) is 13.8. The van der Waals surface area contributed by atoms with Crippen molar-refractivity contribution in [2.24, 2.45) is 11.7 Å². The Bertz CT molecular complexity index is 398. The van der Waals surface area contributed by atoms with E-state index < -0.39 is 0 Å². The summed E-state index contributed by atoms with van der Waals surface area (Å²) >= 11 is 1.85.